The SMILES string of the molecule is COc1cc(/C=C(\NC(=O)c2ccccc2)C(=O)Nc2ccc(SC3CC(=O)N(c4ccc(N=Nc5ccccc5)cc4)C3=O)cc2)cc(OC)c1OC. The number of thioether (sulfide) groups is 1. The Morgan fingerprint density at radius 2 is 1.35 bits per heavy atom. The summed E-state index contributed by atoms with van der Waals surface area (Å²) in [6, 6.07) is 34.7. The van der Waals surface area contributed by atoms with E-state index in [0.29, 0.717) is 51.1 Å². The number of methoxy groups -OCH3 is 3. The lowest BCUT2D eigenvalue weighted by Crippen LogP contribution is -2.31. The minimum Gasteiger partial charge on any atom is -0.493 e. The van der Waals surface area contributed by atoms with Gasteiger partial charge in [0.25, 0.3) is 11.8 Å². The lowest BCUT2D eigenvalue weighted by molar-refractivity contribution is -0.121. The van der Waals surface area contributed by atoms with E-state index in [1.165, 1.54) is 44.1 Å². The van der Waals surface area contributed by atoms with Crippen LogP contribution in [0.25, 0.3) is 6.08 Å². The zero-order valence-electron chi connectivity index (χ0n) is 29.5. The highest BCUT2D eigenvalue weighted by molar-refractivity contribution is 8.00. The molecule has 2 N–H and O–H groups in total. The van der Waals surface area contributed by atoms with Crippen molar-refractivity contribution in [3.8, 4) is 17.2 Å². The Kier molecular flexibility index (Phi) is 11.8. The third kappa shape index (κ3) is 8.82. The quantitative estimate of drug-likeness (QED) is 0.0702. The summed E-state index contributed by atoms with van der Waals surface area (Å²) in [4.78, 5) is 55.1. The first-order valence-corrected chi connectivity index (χ1v) is 17.5. The first-order valence-electron chi connectivity index (χ1n) is 16.7. The van der Waals surface area contributed by atoms with E-state index in [2.05, 4.69) is 20.9 Å². The molecular formula is C41H35N5O7S. The van der Waals surface area contributed by atoms with Crippen LogP contribution in [0.4, 0.5) is 22.7 Å². The predicted octanol–water partition coefficient (Wildman–Crippen LogP) is 7.96. The van der Waals surface area contributed by atoms with E-state index in [-0.39, 0.29) is 23.9 Å². The summed E-state index contributed by atoms with van der Waals surface area (Å²) < 4.78 is 16.3. The lowest BCUT2D eigenvalue weighted by atomic mass is 10.1. The number of carbonyl (C=O) groups is 4. The van der Waals surface area contributed by atoms with Crippen LogP contribution in [0.3, 0.4) is 0 Å². The Bertz CT molecular complexity index is 2190. The first kappa shape index (κ1) is 37.0. The molecule has 0 saturated carbocycles. The molecule has 1 atom stereocenters. The number of benzene rings is 5. The molecule has 13 heteroatoms. The highest BCUT2D eigenvalue weighted by Crippen LogP contribution is 2.39. The fraction of sp³-hybridized carbons (Fsp3) is 0.122. The van der Waals surface area contributed by atoms with Gasteiger partial charge in [-0.2, -0.15) is 10.2 Å². The summed E-state index contributed by atoms with van der Waals surface area (Å²) in [5, 5.41) is 13.3. The fourth-order valence-corrected chi connectivity index (χ4v) is 6.57. The molecular weight excluding hydrogens is 707 g/mol. The van der Waals surface area contributed by atoms with Crippen LogP contribution < -0.4 is 29.7 Å². The number of nitrogens with zero attached hydrogens (tertiary/aromatic N) is 3. The molecule has 5 aromatic rings. The molecule has 0 aliphatic carbocycles. The standard InChI is InChI=1S/C41H35N5O7S/c1-51-34-23-26(24-35(52-2)38(34)53-3)22-33(43-39(48)27-10-6-4-7-11-27)40(49)42-28-16-20-32(21-17-28)54-36-25-37(47)46(41(36)50)31-18-14-30(15-19-31)45-44-29-12-8-5-9-13-29/h4-24,36H,25H2,1-3H3,(H,42,49)(H,43,48)/b33-22-,45-44?. The molecule has 1 aliphatic heterocycles. The Balaban J connectivity index is 1.14. The van der Waals surface area contributed by atoms with E-state index in [1.54, 1.807) is 91.0 Å². The third-order valence-electron chi connectivity index (χ3n) is 8.17. The van der Waals surface area contributed by atoms with Gasteiger partial charge in [0.05, 0.1) is 43.6 Å². The van der Waals surface area contributed by atoms with Crippen LogP contribution in [-0.2, 0) is 14.4 Å². The predicted molar refractivity (Wildman–Crippen MR) is 207 cm³/mol. The van der Waals surface area contributed by atoms with Crippen molar-refractivity contribution < 1.29 is 33.4 Å². The molecule has 4 amide bonds. The summed E-state index contributed by atoms with van der Waals surface area (Å²) >= 11 is 1.26. The normalized spacial score (nSPS) is 14.2. The topological polar surface area (TPSA) is 148 Å². The van der Waals surface area contributed by atoms with E-state index >= 15 is 0 Å². The molecule has 1 aliphatic rings. The van der Waals surface area contributed by atoms with Crippen LogP contribution in [0.2, 0.25) is 0 Å². The molecule has 0 aromatic heterocycles. The smallest absolute Gasteiger partial charge is 0.272 e. The van der Waals surface area contributed by atoms with Crippen molar-refractivity contribution in [3.63, 3.8) is 0 Å². The van der Waals surface area contributed by atoms with Crippen molar-refractivity contribution in [1.29, 1.82) is 0 Å². The zero-order valence-corrected chi connectivity index (χ0v) is 30.3. The van der Waals surface area contributed by atoms with E-state index in [4.69, 9.17) is 14.2 Å². The number of imide groups is 1. The number of hydrogen-bond acceptors (Lipinski definition) is 10. The highest BCUT2D eigenvalue weighted by Gasteiger charge is 2.40. The van der Waals surface area contributed by atoms with Crippen molar-refractivity contribution in [1.82, 2.24) is 5.32 Å². The third-order valence-corrected chi connectivity index (χ3v) is 9.36. The largest absolute Gasteiger partial charge is 0.493 e. The average Bonchev–Trinajstić information content (AvgIpc) is 3.48. The van der Waals surface area contributed by atoms with E-state index in [0.717, 1.165) is 4.90 Å². The van der Waals surface area contributed by atoms with Gasteiger partial charge < -0.3 is 24.8 Å². The van der Waals surface area contributed by atoms with Crippen LogP contribution in [0.1, 0.15) is 22.3 Å². The minimum absolute atomic E-state index is 0.0354. The van der Waals surface area contributed by atoms with Crippen molar-refractivity contribution in [2.45, 2.75) is 16.6 Å². The van der Waals surface area contributed by atoms with Gasteiger partial charge in [0, 0.05) is 22.6 Å². The van der Waals surface area contributed by atoms with Gasteiger partial charge in [-0.05, 0) is 96.6 Å². The summed E-state index contributed by atoms with van der Waals surface area (Å²) in [5.74, 6) is -0.576. The van der Waals surface area contributed by atoms with Gasteiger partial charge in [0.1, 0.15) is 5.70 Å². The summed E-state index contributed by atoms with van der Waals surface area (Å²) in [7, 11) is 4.45. The summed E-state index contributed by atoms with van der Waals surface area (Å²) in [6.07, 6.45) is 1.54. The summed E-state index contributed by atoms with van der Waals surface area (Å²) in [6.45, 7) is 0. The lowest BCUT2D eigenvalue weighted by Gasteiger charge is -2.15. The van der Waals surface area contributed by atoms with E-state index in [9.17, 15) is 19.2 Å². The van der Waals surface area contributed by atoms with Gasteiger partial charge in [-0.3, -0.25) is 19.2 Å². The maximum Gasteiger partial charge on any atom is 0.272 e. The Morgan fingerprint density at radius 1 is 0.759 bits per heavy atom. The highest BCUT2D eigenvalue weighted by atomic mass is 32.2. The van der Waals surface area contributed by atoms with Crippen molar-refractivity contribution in [3.05, 3.63) is 138 Å². The van der Waals surface area contributed by atoms with Crippen LogP contribution >= 0.6 is 11.8 Å². The van der Waals surface area contributed by atoms with Gasteiger partial charge in [-0.15, -0.1) is 11.8 Å². The number of carbonyl (C=O) groups excluding carboxylic acids is 4. The molecule has 1 unspecified atom stereocenters. The Hall–Kier alpha value is -6.73. The fourth-order valence-electron chi connectivity index (χ4n) is 5.52. The first-order chi connectivity index (χ1) is 26.3. The molecule has 0 radical (unpaired) electrons. The summed E-state index contributed by atoms with van der Waals surface area (Å²) in [5.41, 5.74) is 3.02. The van der Waals surface area contributed by atoms with Gasteiger partial charge >= 0.3 is 0 Å². The molecule has 5 aromatic carbocycles. The number of amides is 4. The second-order valence-electron chi connectivity index (χ2n) is 11.7. The minimum atomic E-state index is -0.628. The average molecular weight is 742 g/mol. The molecule has 0 spiro atoms. The van der Waals surface area contributed by atoms with Gasteiger partial charge in [-0.25, -0.2) is 4.90 Å². The monoisotopic (exact) mass is 741 g/mol. The molecule has 54 heavy (non-hydrogen) atoms. The van der Waals surface area contributed by atoms with E-state index < -0.39 is 17.1 Å². The zero-order chi connectivity index (χ0) is 38.0. The number of rotatable bonds is 13. The van der Waals surface area contributed by atoms with Crippen molar-refractivity contribution >= 4 is 64.2 Å². The molecule has 1 heterocycles. The number of anilines is 2. The second kappa shape index (κ2) is 17.2. The van der Waals surface area contributed by atoms with Crippen LogP contribution in [0.5, 0.6) is 17.2 Å². The number of nitrogens with one attached hydrogen (secondary N) is 2. The van der Waals surface area contributed by atoms with Crippen LogP contribution in [0, 0.1) is 0 Å². The Morgan fingerprint density at radius 3 is 1.94 bits per heavy atom. The van der Waals surface area contributed by atoms with Gasteiger partial charge in [0.15, 0.2) is 11.5 Å². The molecule has 1 saturated heterocycles. The number of hydrogen-bond donors (Lipinski definition) is 2. The number of ether oxygens (including phenoxy) is 3. The Labute approximate surface area is 315 Å². The number of azo groups is 1. The molecule has 1 fully saturated rings. The van der Waals surface area contributed by atoms with Crippen molar-refractivity contribution in [2.75, 3.05) is 31.5 Å². The van der Waals surface area contributed by atoms with Crippen molar-refractivity contribution in [2.24, 2.45) is 10.2 Å². The molecule has 6 rings (SSSR count). The maximum absolute atomic E-state index is 13.7. The van der Waals surface area contributed by atoms with Crippen LogP contribution in [0.15, 0.2) is 142 Å². The second-order valence-corrected chi connectivity index (χ2v) is 13.0. The van der Waals surface area contributed by atoms with E-state index in [1.807, 2.05) is 30.3 Å². The van der Waals surface area contributed by atoms with Gasteiger partial charge in [-0.1, -0.05) is 36.4 Å². The molecule has 272 valence electrons. The molecule has 12 nitrogen and oxygen atoms in total. The van der Waals surface area contributed by atoms with Gasteiger partial charge in [0.2, 0.25) is 17.6 Å². The molecule has 0 bridgehead atoms. The maximum atomic E-state index is 13.7. The van der Waals surface area contributed by atoms with Crippen LogP contribution in [-0.4, -0.2) is 50.2 Å².